The topological polar surface area (TPSA) is 107 Å². The molecule has 0 saturated heterocycles. The van der Waals surface area contributed by atoms with Crippen LogP contribution in [0.25, 0.3) is 5.76 Å². The first kappa shape index (κ1) is 11.9. The lowest BCUT2D eigenvalue weighted by molar-refractivity contribution is 0.235. The third kappa shape index (κ3) is 1.99. The SMILES string of the molecule is CC1=C(O)c2cc(S(=O)(=O)O)ccc2NC1O. The number of hydrogen-bond acceptors (Lipinski definition) is 5. The Morgan fingerprint density at radius 1 is 1.35 bits per heavy atom. The Bertz CT molecular complexity index is 605. The molecular formula is C10H11NO5S. The first-order valence-electron chi connectivity index (χ1n) is 4.77. The van der Waals surface area contributed by atoms with Gasteiger partial charge in [-0.05, 0) is 25.1 Å². The monoisotopic (exact) mass is 257 g/mol. The van der Waals surface area contributed by atoms with Crippen LogP contribution >= 0.6 is 0 Å². The van der Waals surface area contributed by atoms with Crippen LogP contribution in [0.3, 0.4) is 0 Å². The third-order valence-electron chi connectivity index (χ3n) is 2.62. The Labute approximate surface area is 98.0 Å². The molecule has 1 aliphatic rings. The van der Waals surface area contributed by atoms with Gasteiger partial charge in [-0.3, -0.25) is 4.55 Å². The number of anilines is 1. The number of benzene rings is 1. The van der Waals surface area contributed by atoms with E-state index in [1.165, 1.54) is 19.1 Å². The van der Waals surface area contributed by atoms with Crippen molar-refractivity contribution in [2.75, 3.05) is 5.32 Å². The molecule has 1 aromatic carbocycles. The minimum Gasteiger partial charge on any atom is -0.507 e. The van der Waals surface area contributed by atoms with Crippen molar-refractivity contribution >= 4 is 21.6 Å². The van der Waals surface area contributed by atoms with E-state index < -0.39 is 16.3 Å². The molecule has 17 heavy (non-hydrogen) atoms. The molecule has 0 fully saturated rings. The van der Waals surface area contributed by atoms with E-state index in [-0.39, 0.29) is 21.8 Å². The molecule has 1 aliphatic heterocycles. The Morgan fingerprint density at radius 3 is 2.59 bits per heavy atom. The summed E-state index contributed by atoms with van der Waals surface area (Å²) >= 11 is 0. The van der Waals surface area contributed by atoms with Crippen LogP contribution in [0.1, 0.15) is 12.5 Å². The summed E-state index contributed by atoms with van der Waals surface area (Å²) in [5.74, 6) is -0.197. The number of fused-ring (bicyclic) bond motifs is 1. The van der Waals surface area contributed by atoms with Crippen molar-refractivity contribution in [3.63, 3.8) is 0 Å². The molecule has 0 bridgehead atoms. The van der Waals surface area contributed by atoms with Crippen LogP contribution in [-0.4, -0.2) is 29.4 Å². The summed E-state index contributed by atoms with van der Waals surface area (Å²) in [5, 5.41) is 22.0. The van der Waals surface area contributed by atoms with E-state index in [4.69, 9.17) is 4.55 Å². The number of hydrogen-bond donors (Lipinski definition) is 4. The second-order valence-electron chi connectivity index (χ2n) is 3.76. The lowest BCUT2D eigenvalue weighted by Gasteiger charge is -2.24. The molecule has 1 unspecified atom stereocenters. The molecule has 7 heteroatoms. The van der Waals surface area contributed by atoms with Gasteiger partial charge >= 0.3 is 0 Å². The zero-order chi connectivity index (χ0) is 12.8. The molecule has 0 aliphatic carbocycles. The van der Waals surface area contributed by atoms with Gasteiger partial charge in [0.15, 0.2) is 0 Å². The zero-order valence-electron chi connectivity index (χ0n) is 8.88. The minimum atomic E-state index is -4.31. The van der Waals surface area contributed by atoms with Gasteiger partial charge in [0, 0.05) is 16.8 Å². The zero-order valence-corrected chi connectivity index (χ0v) is 9.69. The summed E-state index contributed by atoms with van der Waals surface area (Å²) < 4.78 is 30.8. The van der Waals surface area contributed by atoms with Gasteiger partial charge in [-0.25, -0.2) is 0 Å². The molecule has 0 radical (unpaired) electrons. The van der Waals surface area contributed by atoms with Gasteiger partial charge in [0.1, 0.15) is 12.0 Å². The van der Waals surface area contributed by atoms with E-state index in [0.29, 0.717) is 5.69 Å². The van der Waals surface area contributed by atoms with E-state index in [9.17, 15) is 18.6 Å². The maximum Gasteiger partial charge on any atom is 0.294 e. The number of aliphatic hydroxyl groups excluding tert-OH is 2. The van der Waals surface area contributed by atoms with Crippen LogP contribution in [0.5, 0.6) is 0 Å². The Kier molecular flexibility index (Phi) is 2.61. The molecule has 0 aromatic heterocycles. The fourth-order valence-corrected chi connectivity index (χ4v) is 2.11. The Morgan fingerprint density at radius 2 is 2.00 bits per heavy atom. The van der Waals surface area contributed by atoms with Gasteiger partial charge < -0.3 is 15.5 Å². The highest BCUT2D eigenvalue weighted by atomic mass is 32.2. The van der Waals surface area contributed by atoms with E-state index in [0.717, 1.165) is 6.07 Å². The highest BCUT2D eigenvalue weighted by molar-refractivity contribution is 7.85. The quantitative estimate of drug-likeness (QED) is 0.558. The lowest BCUT2D eigenvalue weighted by atomic mass is 10.0. The van der Waals surface area contributed by atoms with Gasteiger partial charge in [-0.2, -0.15) is 8.42 Å². The average molecular weight is 257 g/mol. The number of aliphatic hydroxyl groups is 2. The fraction of sp³-hybridized carbons (Fsp3) is 0.200. The summed E-state index contributed by atoms with van der Waals surface area (Å²) in [6.45, 7) is 1.51. The third-order valence-corrected chi connectivity index (χ3v) is 3.47. The smallest absolute Gasteiger partial charge is 0.294 e. The molecule has 2 rings (SSSR count). The first-order valence-corrected chi connectivity index (χ1v) is 6.21. The van der Waals surface area contributed by atoms with Crippen molar-refractivity contribution in [2.45, 2.75) is 18.0 Å². The molecule has 0 amide bonds. The van der Waals surface area contributed by atoms with Crippen LogP contribution in [0.2, 0.25) is 0 Å². The summed E-state index contributed by atoms with van der Waals surface area (Å²) in [6, 6.07) is 3.69. The van der Waals surface area contributed by atoms with Crippen LogP contribution < -0.4 is 5.32 Å². The lowest BCUT2D eigenvalue weighted by Crippen LogP contribution is -2.25. The predicted octanol–water partition coefficient (Wildman–Crippen LogP) is 0.966. The summed E-state index contributed by atoms with van der Waals surface area (Å²) in [5.41, 5.74) is 0.904. The van der Waals surface area contributed by atoms with Crippen LogP contribution in [-0.2, 0) is 10.1 Å². The van der Waals surface area contributed by atoms with E-state index >= 15 is 0 Å². The maximum absolute atomic E-state index is 11.0. The first-order chi connectivity index (χ1) is 7.80. The Balaban J connectivity index is 2.64. The molecular weight excluding hydrogens is 246 g/mol. The average Bonchev–Trinajstić information content (AvgIpc) is 2.24. The second-order valence-corrected chi connectivity index (χ2v) is 5.18. The van der Waals surface area contributed by atoms with E-state index in [2.05, 4.69) is 5.32 Å². The molecule has 6 nitrogen and oxygen atoms in total. The van der Waals surface area contributed by atoms with Crippen molar-refractivity contribution < 1.29 is 23.2 Å². The normalized spacial score (nSPS) is 19.8. The van der Waals surface area contributed by atoms with Crippen molar-refractivity contribution in [1.82, 2.24) is 0 Å². The predicted molar refractivity (Wildman–Crippen MR) is 61.1 cm³/mol. The second kappa shape index (κ2) is 3.73. The van der Waals surface area contributed by atoms with Gasteiger partial charge in [0.05, 0.1) is 4.90 Å². The van der Waals surface area contributed by atoms with Crippen LogP contribution in [0, 0.1) is 0 Å². The Hall–Kier alpha value is -1.57. The number of nitrogens with one attached hydrogen (secondary N) is 1. The summed E-state index contributed by atoms with van der Waals surface area (Å²) in [7, 11) is -4.31. The molecule has 92 valence electrons. The van der Waals surface area contributed by atoms with Gasteiger partial charge in [-0.1, -0.05) is 0 Å². The number of rotatable bonds is 1. The largest absolute Gasteiger partial charge is 0.507 e. The molecule has 1 aromatic rings. The molecule has 1 atom stereocenters. The van der Waals surface area contributed by atoms with Crippen LogP contribution in [0.15, 0.2) is 28.7 Å². The maximum atomic E-state index is 11.0. The fourth-order valence-electron chi connectivity index (χ4n) is 1.60. The van der Waals surface area contributed by atoms with E-state index in [1.54, 1.807) is 0 Å². The van der Waals surface area contributed by atoms with Gasteiger partial charge in [0.25, 0.3) is 10.1 Å². The van der Waals surface area contributed by atoms with Gasteiger partial charge in [-0.15, -0.1) is 0 Å². The molecule has 4 N–H and O–H groups in total. The summed E-state index contributed by atoms with van der Waals surface area (Å²) in [6.07, 6.45) is -1.01. The highest BCUT2D eigenvalue weighted by Crippen LogP contribution is 2.32. The molecule has 1 heterocycles. The van der Waals surface area contributed by atoms with Gasteiger partial charge in [0.2, 0.25) is 0 Å². The van der Waals surface area contributed by atoms with E-state index in [1.807, 2.05) is 0 Å². The molecule has 0 saturated carbocycles. The van der Waals surface area contributed by atoms with Crippen molar-refractivity contribution in [1.29, 1.82) is 0 Å². The standard InChI is InChI=1S/C10H11NO5S/c1-5-9(12)7-4-6(17(14,15)16)2-3-8(7)11-10(5)13/h2-4,10-13H,1H3,(H,14,15,16). The van der Waals surface area contributed by atoms with Crippen molar-refractivity contribution in [3.05, 3.63) is 29.3 Å². The van der Waals surface area contributed by atoms with Crippen molar-refractivity contribution in [2.24, 2.45) is 0 Å². The van der Waals surface area contributed by atoms with Crippen molar-refractivity contribution in [3.8, 4) is 0 Å². The molecule has 0 spiro atoms. The minimum absolute atomic E-state index is 0.197. The van der Waals surface area contributed by atoms with Crippen LogP contribution in [0.4, 0.5) is 5.69 Å². The summed E-state index contributed by atoms with van der Waals surface area (Å²) in [4.78, 5) is -0.311. The highest BCUT2D eigenvalue weighted by Gasteiger charge is 2.24.